The van der Waals surface area contributed by atoms with Gasteiger partial charge in [0.05, 0.1) is 23.5 Å². The Morgan fingerprint density at radius 2 is 2.16 bits per heavy atom. The lowest BCUT2D eigenvalue weighted by atomic mass is 9.81. The molecule has 1 aliphatic rings. The van der Waals surface area contributed by atoms with Crippen LogP contribution in [0.1, 0.15) is 48.6 Å². The Kier molecular flexibility index (Phi) is 7.83. The lowest BCUT2D eigenvalue weighted by Crippen LogP contribution is -2.34. The fourth-order valence-corrected chi connectivity index (χ4v) is 5.39. The lowest BCUT2D eigenvalue weighted by molar-refractivity contribution is -0.160. The van der Waals surface area contributed by atoms with Gasteiger partial charge in [-0.05, 0) is 61.9 Å². The van der Waals surface area contributed by atoms with Crippen LogP contribution in [0.15, 0.2) is 41.6 Å². The molecular weight excluding hydrogens is 424 g/mol. The molecule has 0 saturated heterocycles. The third-order valence-electron chi connectivity index (χ3n) is 5.87. The van der Waals surface area contributed by atoms with Crippen LogP contribution in [0.25, 0.3) is 0 Å². The predicted octanol–water partition coefficient (Wildman–Crippen LogP) is 3.75. The molecule has 0 N–H and O–H groups in total. The zero-order valence-electron chi connectivity index (χ0n) is 19.1. The predicted molar refractivity (Wildman–Crippen MR) is 124 cm³/mol. The molecule has 1 aromatic heterocycles. The molecule has 0 saturated carbocycles. The molecule has 32 heavy (non-hydrogen) atoms. The summed E-state index contributed by atoms with van der Waals surface area (Å²) in [6.45, 7) is 6.91. The summed E-state index contributed by atoms with van der Waals surface area (Å²) in [6, 6.07) is 7.92. The summed E-state index contributed by atoms with van der Waals surface area (Å²) in [5, 5.41) is 0. The van der Waals surface area contributed by atoms with E-state index in [4.69, 9.17) is 15.9 Å². The first-order valence-corrected chi connectivity index (χ1v) is 11.7. The quantitative estimate of drug-likeness (QED) is 0.471. The van der Waals surface area contributed by atoms with Crippen LogP contribution in [0.4, 0.5) is 0 Å². The maximum Gasteiger partial charge on any atom is 0.314 e. The Bertz CT molecular complexity index is 1040. The molecule has 0 bridgehead atoms. The van der Waals surface area contributed by atoms with Gasteiger partial charge in [-0.2, -0.15) is 0 Å². The largest absolute Gasteiger partial charge is 0.469 e. The van der Waals surface area contributed by atoms with Crippen molar-refractivity contribution in [1.29, 1.82) is 0 Å². The van der Waals surface area contributed by atoms with Crippen molar-refractivity contribution in [2.45, 2.75) is 51.2 Å². The number of rotatable bonds is 7. The van der Waals surface area contributed by atoms with Gasteiger partial charge in [0.25, 0.3) is 0 Å². The number of carbonyl (C=O) groups excluding carboxylic acids is 1. The second kappa shape index (κ2) is 10.4. The number of ether oxygens (including phenoxy) is 2. The van der Waals surface area contributed by atoms with E-state index in [-0.39, 0.29) is 12.6 Å². The number of pyridine rings is 1. The van der Waals surface area contributed by atoms with E-state index in [1.165, 1.54) is 7.11 Å². The van der Waals surface area contributed by atoms with Gasteiger partial charge in [0.2, 0.25) is 0 Å². The standard InChI is InChI=1S/C25H30N2O4S/c1-6-14-31-23(25(3,4)24(28)30-5)20-10-9-18(2)21(15-20)17-27-13-7-8-19-11-12-26-16-22(19)32(27)29/h1,9-12,15-16,23H,7-8,13-14,17H2,2-5H3/t23-,32?/m0/s1. The summed E-state index contributed by atoms with van der Waals surface area (Å²) in [5.74, 6) is 2.11. The molecule has 2 heterocycles. The molecule has 0 spiro atoms. The van der Waals surface area contributed by atoms with Crippen LogP contribution in [0.3, 0.4) is 0 Å². The maximum atomic E-state index is 13.3. The van der Waals surface area contributed by atoms with Gasteiger partial charge in [0, 0.05) is 25.5 Å². The topological polar surface area (TPSA) is 68.7 Å². The summed E-state index contributed by atoms with van der Waals surface area (Å²) >= 11 is 0. The molecule has 1 aromatic carbocycles. The minimum absolute atomic E-state index is 0.0776. The van der Waals surface area contributed by atoms with E-state index in [0.29, 0.717) is 6.54 Å². The van der Waals surface area contributed by atoms with Crippen molar-refractivity contribution in [3.05, 3.63) is 58.9 Å². The first-order chi connectivity index (χ1) is 15.3. The molecular formula is C25H30N2O4S. The zero-order valence-corrected chi connectivity index (χ0v) is 19.9. The number of methoxy groups -OCH3 is 1. The zero-order chi connectivity index (χ0) is 23.3. The van der Waals surface area contributed by atoms with Gasteiger partial charge in [0.1, 0.15) is 17.6 Å². The first-order valence-electron chi connectivity index (χ1n) is 10.6. The van der Waals surface area contributed by atoms with Crippen LogP contribution in [0, 0.1) is 24.7 Å². The molecule has 2 aromatic rings. The van der Waals surface area contributed by atoms with Crippen molar-refractivity contribution < 1.29 is 18.5 Å². The van der Waals surface area contributed by atoms with Crippen LogP contribution in [-0.4, -0.2) is 39.7 Å². The van der Waals surface area contributed by atoms with Crippen molar-refractivity contribution in [2.75, 3.05) is 20.3 Å². The normalized spacial score (nSPS) is 17.7. The van der Waals surface area contributed by atoms with Crippen LogP contribution in [-0.2, 0) is 38.2 Å². The van der Waals surface area contributed by atoms with E-state index >= 15 is 0 Å². The summed E-state index contributed by atoms with van der Waals surface area (Å²) in [7, 11) is 0.0772. The average molecular weight is 455 g/mol. The van der Waals surface area contributed by atoms with Gasteiger partial charge < -0.3 is 9.47 Å². The van der Waals surface area contributed by atoms with Crippen molar-refractivity contribution in [3.8, 4) is 12.3 Å². The average Bonchev–Trinajstić information content (AvgIpc) is 2.94. The fraction of sp³-hybridized carbons (Fsp3) is 0.440. The molecule has 0 radical (unpaired) electrons. The summed E-state index contributed by atoms with van der Waals surface area (Å²) in [5.41, 5.74) is 3.09. The van der Waals surface area contributed by atoms with Gasteiger partial charge >= 0.3 is 5.97 Å². The second-order valence-electron chi connectivity index (χ2n) is 8.49. The molecule has 170 valence electrons. The van der Waals surface area contributed by atoms with Crippen LogP contribution in [0.2, 0.25) is 0 Å². The van der Waals surface area contributed by atoms with Crippen molar-refractivity contribution in [2.24, 2.45) is 5.41 Å². The third-order valence-corrected chi connectivity index (χ3v) is 7.39. The molecule has 2 atom stereocenters. The summed E-state index contributed by atoms with van der Waals surface area (Å²) < 4.78 is 26.2. The van der Waals surface area contributed by atoms with Crippen LogP contribution >= 0.6 is 0 Å². The number of fused-ring (bicyclic) bond motifs is 1. The lowest BCUT2D eigenvalue weighted by Gasteiger charge is -2.32. The van der Waals surface area contributed by atoms with Crippen molar-refractivity contribution >= 4 is 17.0 Å². The SMILES string of the molecule is C#CCO[C@@H](c1ccc(C)c(CN2CCCc3ccncc3S2=O)c1)C(C)(C)C(=O)OC. The van der Waals surface area contributed by atoms with Crippen molar-refractivity contribution in [1.82, 2.24) is 9.29 Å². The number of benzene rings is 1. The Balaban J connectivity index is 1.93. The Hall–Kier alpha value is -2.53. The van der Waals surface area contributed by atoms with Crippen molar-refractivity contribution in [3.63, 3.8) is 0 Å². The number of nitrogens with zero attached hydrogens (tertiary/aromatic N) is 2. The minimum Gasteiger partial charge on any atom is -0.469 e. The Morgan fingerprint density at radius 3 is 2.88 bits per heavy atom. The van der Waals surface area contributed by atoms with Gasteiger partial charge in [0.15, 0.2) is 0 Å². The monoisotopic (exact) mass is 454 g/mol. The van der Waals surface area contributed by atoms with E-state index in [1.807, 2.05) is 35.5 Å². The minimum atomic E-state index is -1.29. The number of terminal acetylenes is 1. The van der Waals surface area contributed by atoms with E-state index < -0.39 is 22.5 Å². The summed E-state index contributed by atoms with van der Waals surface area (Å²) in [4.78, 5) is 17.4. The summed E-state index contributed by atoms with van der Waals surface area (Å²) in [6.07, 6.45) is 10.1. The highest BCUT2D eigenvalue weighted by Gasteiger charge is 2.40. The molecule has 0 amide bonds. The van der Waals surface area contributed by atoms with Gasteiger partial charge in [-0.3, -0.25) is 9.78 Å². The number of carbonyl (C=O) groups is 1. The highest BCUT2D eigenvalue weighted by molar-refractivity contribution is 7.82. The smallest absolute Gasteiger partial charge is 0.314 e. The van der Waals surface area contributed by atoms with E-state index in [2.05, 4.69) is 10.9 Å². The molecule has 1 unspecified atom stereocenters. The van der Waals surface area contributed by atoms with Crippen LogP contribution < -0.4 is 0 Å². The van der Waals surface area contributed by atoms with Gasteiger partial charge in [-0.25, -0.2) is 8.51 Å². The van der Waals surface area contributed by atoms with Gasteiger partial charge in [-0.15, -0.1) is 6.42 Å². The van der Waals surface area contributed by atoms with Gasteiger partial charge in [-0.1, -0.05) is 24.1 Å². The Morgan fingerprint density at radius 1 is 1.38 bits per heavy atom. The first kappa shape index (κ1) is 24.1. The highest BCUT2D eigenvalue weighted by Crippen LogP contribution is 2.38. The fourth-order valence-electron chi connectivity index (χ4n) is 4.02. The van der Waals surface area contributed by atoms with Crippen LogP contribution in [0.5, 0.6) is 0 Å². The van der Waals surface area contributed by atoms with E-state index in [0.717, 1.165) is 46.5 Å². The molecule has 6 nitrogen and oxygen atoms in total. The number of hydrogen-bond acceptors (Lipinski definition) is 5. The van der Waals surface area contributed by atoms with E-state index in [9.17, 15) is 9.00 Å². The molecule has 0 aliphatic carbocycles. The molecule has 7 heteroatoms. The number of aryl methyl sites for hydroxylation is 2. The highest BCUT2D eigenvalue weighted by atomic mass is 32.2. The number of esters is 1. The second-order valence-corrected chi connectivity index (χ2v) is 9.95. The Labute approximate surface area is 192 Å². The third kappa shape index (κ3) is 5.09. The van der Waals surface area contributed by atoms with E-state index in [1.54, 1.807) is 26.2 Å². The molecule has 1 aliphatic heterocycles. The molecule has 0 fully saturated rings. The number of hydrogen-bond donors (Lipinski definition) is 0. The number of aromatic nitrogens is 1. The molecule has 3 rings (SSSR count). The maximum absolute atomic E-state index is 13.3.